The molecule has 216 valence electrons. The smallest absolute Gasteiger partial charge is 0.296 e. The SMILES string of the molecule is O=C(C1=C(O)C(=O)N(c2nnc(SCc3cccc4ccccc34)s2)C1c1cccc([N+](=O)[O-])c1)c1cc2ccccc2o1. The van der Waals surface area contributed by atoms with Gasteiger partial charge in [-0.05, 0) is 34.0 Å². The molecule has 6 aromatic rings. The molecule has 0 saturated carbocycles. The van der Waals surface area contributed by atoms with E-state index in [1.807, 2.05) is 36.4 Å². The standard InChI is InChI=1S/C32H20N4O6S2/c37-28(25-16-19-8-2-4-14-24(19)42-25)26-27(20-10-6-12-22(15-20)36(40)41)35(30(39)29(26)38)31-33-34-32(44-31)43-17-21-11-5-9-18-7-1-3-13-23(18)21/h1-16,27,38H,17H2. The molecule has 0 aliphatic carbocycles. The van der Waals surface area contributed by atoms with Crippen LogP contribution in [0.25, 0.3) is 21.7 Å². The lowest BCUT2D eigenvalue weighted by Gasteiger charge is -2.23. The number of hydrogen-bond donors (Lipinski definition) is 1. The fourth-order valence-corrected chi connectivity index (χ4v) is 7.17. The zero-order chi connectivity index (χ0) is 30.4. The Labute approximate surface area is 257 Å². The van der Waals surface area contributed by atoms with Crippen LogP contribution < -0.4 is 4.90 Å². The van der Waals surface area contributed by atoms with Crippen molar-refractivity contribution in [1.29, 1.82) is 0 Å². The molecule has 7 rings (SSSR count). The molecule has 1 unspecified atom stereocenters. The number of nitro groups is 1. The number of benzene rings is 4. The highest BCUT2D eigenvalue weighted by atomic mass is 32.2. The molecule has 3 heterocycles. The lowest BCUT2D eigenvalue weighted by Crippen LogP contribution is -2.31. The van der Waals surface area contributed by atoms with Crippen molar-refractivity contribution in [2.24, 2.45) is 0 Å². The summed E-state index contributed by atoms with van der Waals surface area (Å²) in [5.41, 5.74) is 1.31. The number of aromatic nitrogens is 2. The van der Waals surface area contributed by atoms with Gasteiger partial charge in [-0.15, -0.1) is 10.2 Å². The van der Waals surface area contributed by atoms with Crippen molar-refractivity contribution in [3.05, 3.63) is 135 Å². The summed E-state index contributed by atoms with van der Waals surface area (Å²) in [6.45, 7) is 0. The highest BCUT2D eigenvalue weighted by Gasteiger charge is 2.47. The van der Waals surface area contributed by atoms with E-state index in [1.54, 1.807) is 30.3 Å². The van der Waals surface area contributed by atoms with Gasteiger partial charge >= 0.3 is 0 Å². The van der Waals surface area contributed by atoms with E-state index in [1.165, 1.54) is 36.0 Å². The molecular weight excluding hydrogens is 601 g/mol. The van der Waals surface area contributed by atoms with E-state index < -0.39 is 28.4 Å². The van der Waals surface area contributed by atoms with Crippen LogP contribution in [0.2, 0.25) is 0 Å². The number of nitro benzene ring substituents is 1. The summed E-state index contributed by atoms with van der Waals surface area (Å²) in [6, 6.07) is 27.1. The molecule has 4 aromatic carbocycles. The summed E-state index contributed by atoms with van der Waals surface area (Å²) < 4.78 is 6.32. The average Bonchev–Trinajstić information content (AvgIpc) is 3.76. The van der Waals surface area contributed by atoms with Gasteiger partial charge in [-0.3, -0.25) is 24.6 Å². The number of ketones is 1. The van der Waals surface area contributed by atoms with Gasteiger partial charge < -0.3 is 9.52 Å². The van der Waals surface area contributed by atoms with Crippen molar-refractivity contribution in [1.82, 2.24) is 10.2 Å². The Balaban J connectivity index is 1.25. The van der Waals surface area contributed by atoms with Crippen LogP contribution in [0.5, 0.6) is 0 Å². The highest BCUT2D eigenvalue weighted by molar-refractivity contribution is 8.00. The van der Waals surface area contributed by atoms with Gasteiger partial charge in [-0.1, -0.05) is 95.9 Å². The topological polar surface area (TPSA) is 140 Å². The average molecular weight is 621 g/mol. The van der Waals surface area contributed by atoms with Crippen molar-refractivity contribution in [2.75, 3.05) is 4.90 Å². The first kappa shape index (κ1) is 27.5. The van der Waals surface area contributed by atoms with Crippen LogP contribution in [-0.4, -0.2) is 31.9 Å². The normalized spacial score (nSPS) is 15.0. The molecule has 0 bridgehead atoms. The number of fused-ring (bicyclic) bond motifs is 2. The van der Waals surface area contributed by atoms with Gasteiger partial charge in [0.15, 0.2) is 15.9 Å². The lowest BCUT2D eigenvalue weighted by molar-refractivity contribution is -0.384. The van der Waals surface area contributed by atoms with E-state index in [0.717, 1.165) is 32.6 Å². The van der Waals surface area contributed by atoms with E-state index in [2.05, 4.69) is 16.3 Å². The number of nitrogens with zero attached hydrogens (tertiary/aromatic N) is 4. The van der Waals surface area contributed by atoms with Crippen LogP contribution in [0.4, 0.5) is 10.8 Å². The molecule has 44 heavy (non-hydrogen) atoms. The second-order valence-electron chi connectivity index (χ2n) is 9.95. The Morgan fingerprint density at radius 3 is 2.55 bits per heavy atom. The fraction of sp³-hybridized carbons (Fsp3) is 0.0625. The number of furan rings is 1. The van der Waals surface area contributed by atoms with Crippen LogP contribution in [0.3, 0.4) is 0 Å². The minimum atomic E-state index is -1.22. The maximum Gasteiger partial charge on any atom is 0.296 e. The van der Waals surface area contributed by atoms with Crippen molar-refractivity contribution < 1.29 is 24.0 Å². The number of hydrogen-bond acceptors (Lipinski definition) is 10. The zero-order valence-electron chi connectivity index (χ0n) is 22.6. The molecule has 1 N–H and O–H groups in total. The second kappa shape index (κ2) is 11.1. The van der Waals surface area contributed by atoms with Gasteiger partial charge in [0, 0.05) is 23.3 Å². The number of rotatable bonds is 8. The number of Topliss-reactive ketones (excluding diaryl/α,β-unsaturated/α-hetero) is 1. The van der Waals surface area contributed by atoms with E-state index in [-0.39, 0.29) is 27.7 Å². The Bertz CT molecular complexity index is 2110. The summed E-state index contributed by atoms with van der Waals surface area (Å²) in [7, 11) is 0. The Morgan fingerprint density at radius 1 is 0.977 bits per heavy atom. The van der Waals surface area contributed by atoms with Crippen LogP contribution in [0.1, 0.15) is 27.7 Å². The summed E-state index contributed by atoms with van der Waals surface area (Å²) in [5, 5.41) is 34.3. The number of aliphatic hydroxyl groups excluding tert-OH is 1. The first-order chi connectivity index (χ1) is 21.4. The van der Waals surface area contributed by atoms with Crippen molar-refractivity contribution in [3.8, 4) is 0 Å². The third kappa shape index (κ3) is 4.79. The maximum atomic E-state index is 13.9. The molecule has 0 radical (unpaired) electrons. The minimum absolute atomic E-state index is 0.0820. The molecule has 1 amide bonds. The van der Waals surface area contributed by atoms with Gasteiger partial charge in [0.25, 0.3) is 11.6 Å². The van der Waals surface area contributed by atoms with E-state index in [4.69, 9.17) is 4.42 Å². The third-order valence-electron chi connectivity index (χ3n) is 7.33. The number of thioether (sulfide) groups is 1. The molecule has 1 aliphatic rings. The molecule has 0 fully saturated rings. The van der Waals surface area contributed by atoms with E-state index in [0.29, 0.717) is 21.1 Å². The van der Waals surface area contributed by atoms with E-state index in [9.17, 15) is 24.8 Å². The molecule has 10 nitrogen and oxygen atoms in total. The number of carbonyl (C=O) groups excluding carboxylic acids is 2. The van der Waals surface area contributed by atoms with Crippen molar-refractivity contribution >= 4 is 67.3 Å². The zero-order valence-corrected chi connectivity index (χ0v) is 24.2. The first-order valence-electron chi connectivity index (χ1n) is 13.4. The lowest BCUT2D eigenvalue weighted by atomic mass is 9.95. The van der Waals surface area contributed by atoms with Gasteiger partial charge in [0.2, 0.25) is 10.9 Å². The molecule has 2 aromatic heterocycles. The predicted molar refractivity (Wildman–Crippen MR) is 167 cm³/mol. The monoisotopic (exact) mass is 620 g/mol. The summed E-state index contributed by atoms with van der Waals surface area (Å²) >= 11 is 2.56. The van der Waals surface area contributed by atoms with Gasteiger partial charge in [0.05, 0.1) is 16.5 Å². The summed E-state index contributed by atoms with van der Waals surface area (Å²) in [4.78, 5) is 39.7. The molecule has 12 heteroatoms. The van der Waals surface area contributed by atoms with Gasteiger partial charge in [0.1, 0.15) is 5.58 Å². The fourth-order valence-electron chi connectivity index (χ4n) is 5.30. The summed E-state index contributed by atoms with van der Waals surface area (Å²) in [5.74, 6) is -1.87. The van der Waals surface area contributed by atoms with E-state index >= 15 is 0 Å². The summed E-state index contributed by atoms with van der Waals surface area (Å²) in [6.07, 6.45) is 0. The van der Waals surface area contributed by atoms with Crippen molar-refractivity contribution in [3.63, 3.8) is 0 Å². The molecule has 1 aliphatic heterocycles. The Hall–Kier alpha value is -5.33. The van der Waals surface area contributed by atoms with Crippen LogP contribution in [-0.2, 0) is 10.5 Å². The van der Waals surface area contributed by atoms with Crippen molar-refractivity contribution in [2.45, 2.75) is 16.1 Å². The quantitative estimate of drug-likeness (QED) is 0.0605. The number of carbonyl (C=O) groups is 2. The Kier molecular flexibility index (Phi) is 6.91. The Morgan fingerprint density at radius 2 is 1.73 bits per heavy atom. The number of amides is 1. The predicted octanol–water partition coefficient (Wildman–Crippen LogP) is 7.42. The maximum absolute atomic E-state index is 13.9. The number of non-ortho nitro benzene ring substituents is 1. The molecule has 0 spiro atoms. The molecule has 1 atom stereocenters. The van der Waals surface area contributed by atoms with Crippen LogP contribution in [0, 0.1) is 10.1 Å². The van der Waals surface area contributed by atoms with Gasteiger partial charge in [-0.2, -0.15) is 0 Å². The minimum Gasteiger partial charge on any atom is -0.503 e. The third-order valence-corrected chi connectivity index (χ3v) is 9.44. The molecule has 0 saturated heterocycles. The first-order valence-corrected chi connectivity index (χ1v) is 15.2. The highest BCUT2D eigenvalue weighted by Crippen LogP contribution is 2.45. The second-order valence-corrected chi connectivity index (χ2v) is 12.1. The van der Waals surface area contributed by atoms with Crippen LogP contribution in [0.15, 0.2) is 117 Å². The van der Waals surface area contributed by atoms with Gasteiger partial charge in [-0.25, -0.2) is 0 Å². The number of aliphatic hydroxyl groups is 1. The van der Waals surface area contributed by atoms with Crippen LogP contribution >= 0.6 is 23.1 Å². The number of anilines is 1. The largest absolute Gasteiger partial charge is 0.503 e. The molecular formula is C32H20N4O6S2. The number of para-hydroxylation sites is 1.